The van der Waals surface area contributed by atoms with Crippen LogP contribution in [0.1, 0.15) is 16.1 Å². The van der Waals surface area contributed by atoms with E-state index in [0.29, 0.717) is 27.5 Å². The molecule has 0 aliphatic carbocycles. The molecule has 8 heteroatoms. The third-order valence-corrected chi connectivity index (χ3v) is 5.25. The van der Waals surface area contributed by atoms with Crippen molar-refractivity contribution in [2.75, 3.05) is 5.32 Å². The largest absolute Gasteiger partial charge is 0.505 e. The van der Waals surface area contributed by atoms with Gasteiger partial charge in [-0.15, -0.1) is 10.2 Å². The predicted molar refractivity (Wildman–Crippen MR) is 117 cm³/mol. The van der Waals surface area contributed by atoms with Gasteiger partial charge in [-0.3, -0.25) is 4.79 Å². The molecule has 7 nitrogen and oxygen atoms in total. The van der Waals surface area contributed by atoms with Crippen LogP contribution in [-0.2, 0) is 0 Å². The number of para-hydroxylation sites is 1. The molecular formula is C22H15N5O2S. The van der Waals surface area contributed by atoms with Crippen molar-refractivity contribution >= 4 is 50.3 Å². The number of azo groups is 1. The van der Waals surface area contributed by atoms with Crippen molar-refractivity contribution in [3.05, 3.63) is 83.3 Å². The highest BCUT2D eigenvalue weighted by Gasteiger charge is 2.20. The number of carbonyl (C=O) groups excluding carboxylic acids is 1. The van der Waals surface area contributed by atoms with Crippen molar-refractivity contribution in [2.45, 2.75) is 6.92 Å². The van der Waals surface area contributed by atoms with E-state index in [0.717, 1.165) is 16.9 Å². The summed E-state index contributed by atoms with van der Waals surface area (Å²) in [5, 5.41) is 23.5. The molecule has 0 saturated carbocycles. The van der Waals surface area contributed by atoms with Crippen molar-refractivity contribution < 1.29 is 9.90 Å². The van der Waals surface area contributed by atoms with Gasteiger partial charge >= 0.3 is 0 Å². The average Bonchev–Trinajstić information content (AvgIpc) is 3.12. The summed E-state index contributed by atoms with van der Waals surface area (Å²) in [7, 11) is 0. The number of fused-ring (bicyclic) bond motifs is 1. The maximum Gasteiger partial charge on any atom is 0.260 e. The Morgan fingerprint density at radius 1 is 1.13 bits per heavy atom. The zero-order chi connectivity index (χ0) is 21.1. The summed E-state index contributed by atoms with van der Waals surface area (Å²) in [6, 6.07) is 17.9. The van der Waals surface area contributed by atoms with Crippen molar-refractivity contribution in [3.63, 3.8) is 0 Å². The minimum atomic E-state index is -0.456. The zero-order valence-electron chi connectivity index (χ0n) is 15.8. The van der Waals surface area contributed by atoms with E-state index in [1.165, 1.54) is 0 Å². The van der Waals surface area contributed by atoms with Crippen molar-refractivity contribution in [2.24, 2.45) is 10.2 Å². The number of phenolic OH excluding ortho intramolecular Hbond substituents is 1. The van der Waals surface area contributed by atoms with Crippen molar-refractivity contribution in [1.82, 2.24) is 4.37 Å². The summed E-state index contributed by atoms with van der Waals surface area (Å²) in [6.07, 6.45) is 0. The molecule has 0 fully saturated rings. The van der Waals surface area contributed by atoms with Gasteiger partial charge in [0.25, 0.3) is 5.91 Å². The number of nitrogens with zero attached hydrogens (tertiary/aromatic N) is 4. The number of phenols is 1. The number of carbonyl (C=O) groups is 1. The number of nitrogens with one attached hydrogen (secondary N) is 1. The number of amides is 1. The molecular weight excluding hydrogens is 398 g/mol. The average molecular weight is 413 g/mol. The van der Waals surface area contributed by atoms with Gasteiger partial charge in [0.2, 0.25) is 5.69 Å². The maximum absolute atomic E-state index is 13.0. The van der Waals surface area contributed by atoms with Gasteiger partial charge in [0.15, 0.2) is 10.8 Å². The topological polar surface area (TPSA) is 91.3 Å². The van der Waals surface area contributed by atoms with Crippen LogP contribution < -0.4 is 5.32 Å². The van der Waals surface area contributed by atoms with Gasteiger partial charge in [0.1, 0.15) is 5.69 Å². The molecule has 0 saturated heterocycles. The van der Waals surface area contributed by atoms with Gasteiger partial charge in [0.05, 0.1) is 17.8 Å². The number of hydrogen-bond donors (Lipinski definition) is 2. The standard InChI is InChI=1S/C22H15N5O2S/c1-13-19(23-2)22(30-27-13)26-25-17-12-14-8-6-7-11-16(14)18(20(17)28)21(29)24-15-9-4-3-5-10-15/h3-12,28H,1H3,(H,24,29)/b26-25+. The Labute approximate surface area is 176 Å². The first-order chi connectivity index (χ1) is 14.6. The van der Waals surface area contributed by atoms with E-state index >= 15 is 0 Å². The first-order valence-corrected chi connectivity index (χ1v) is 9.72. The number of anilines is 1. The van der Waals surface area contributed by atoms with Gasteiger partial charge in [-0.05, 0) is 47.4 Å². The first-order valence-electron chi connectivity index (χ1n) is 8.95. The van der Waals surface area contributed by atoms with E-state index in [4.69, 9.17) is 6.57 Å². The quantitative estimate of drug-likeness (QED) is 0.294. The Kier molecular flexibility index (Phi) is 5.20. The maximum atomic E-state index is 13.0. The molecule has 0 spiro atoms. The summed E-state index contributed by atoms with van der Waals surface area (Å²) in [5.41, 5.74) is 1.76. The highest BCUT2D eigenvalue weighted by Crippen LogP contribution is 2.40. The molecule has 0 radical (unpaired) electrons. The van der Waals surface area contributed by atoms with Crippen LogP contribution in [-0.4, -0.2) is 15.4 Å². The molecule has 1 aromatic heterocycles. The smallest absolute Gasteiger partial charge is 0.260 e. The normalized spacial score (nSPS) is 10.9. The van der Waals surface area contributed by atoms with Crippen LogP contribution in [0.4, 0.5) is 22.1 Å². The first kappa shape index (κ1) is 19.2. The Bertz CT molecular complexity index is 1320. The highest BCUT2D eigenvalue weighted by molar-refractivity contribution is 7.10. The molecule has 3 aromatic carbocycles. The Morgan fingerprint density at radius 2 is 1.87 bits per heavy atom. The van der Waals surface area contributed by atoms with Crippen LogP contribution in [0.5, 0.6) is 5.75 Å². The fraction of sp³-hybridized carbons (Fsp3) is 0.0455. The third-order valence-electron chi connectivity index (χ3n) is 4.44. The molecule has 0 unspecified atom stereocenters. The van der Waals surface area contributed by atoms with Gasteiger partial charge in [-0.1, -0.05) is 42.5 Å². The predicted octanol–water partition coefficient (Wildman–Crippen LogP) is 6.53. The summed E-state index contributed by atoms with van der Waals surface area (Å²) < 4.78 is 4.11. The Hall–Kier alpha value is -4.09. The third kappa shape index (κ3) is 3.62. The van der Waals surface area contributed by atoms with Gasteiger partial charge in [-0.2, -0.15) is 0 Å². The molecule has 4 aromatic rings. The van der Waals surface area contributed by atoms with Gasteiger partial charge < -0.3 is 10.4 Å². The number of rotatable bonds is 4. The molecule has 0 aliphatic heterocycles. The molecule has 30 heavy (non-hydrogen) atoms. The van der Waals surface area contributed by atoms with E-state index < -0.39 is 5.91 Å². The molecule has 2 N–H and O–H groups in total. The summed E-state index contributed by atoms with van der Waals surface area (Å²) in [5.74, 6) is -0.737. The lowest BCUT2D eigenvalue weighted by molar-refractivity contribution is 0.102. The monoisotopic (exact) mass is 413 g/mol. The van der Waals surface area contributed by atoms with E-state index in [1.54, 1.807) is 37.3 Å². The van der Waals surface area contributed by atoms with Crippen LogP contribution in [0.2, 0.25) is 0 Å². The number of aromatic hydroxyl groups is 1. The van der Waals surface area contributed by atoms with Crippen LogP contribution >= 0.6 is 11.5 Å². The minimum Gasteiger partial charge on any atom is -0.505 e. The lowest BCUT2D eigenvalue weighted by atomic mass is 10.0. The lowest BCUT2D eigenvalue weighted by Gasteiger charge is -2.12. The number of benzene rings is 3. The minimum absolute atomic E-state index is 0.108. The fourth-order valence-corrected chi connectivity index (χ4v) is 3.66. The molecule has 0 bridgehead atoms. The van der Waals surface area contributed by atoms with Gasteiger partial charge in [-0.25, -0.2) is 9.22 Å². The van der Waals surface area contributed by atoms with E-state index in [2.05, 4.69) is 24.8 Å². The second kappa shape index (κ2) is 8.11. The second-order valence-electron chi connectivity index (χ2n) is 6.39. The second-order valence-corrected chi connectivity index (χ2v) is 7.15. The van der Waals surface area contributed by atoms with Crippen LogP contribution in [0.15, 0.2) is 70.9 Å². The van der Waals surface area contributed by atoms with Crippen LogP contribution in [0.3, 0.4) is 0 Å². The molecule has 4 rings (SSSR count). The summed E-state index contributed by atoms with van der Waals surface area (Å²) >= 11 is 1.06. The Morgan fingerprint density at radius 3 is 2.63 bits per heavy atom. The van der Waals surface area contributed by atoms with Crippen LogP contribution in [0.25, 0.3) is 15.6 Å². The molecule has 0 aliphatic rings. The molecule has 0 atom stereocenters. The highest BCUT2D eigenvalue weighted by atomic mass is 32.1. The number of hydrogen-bond acceptors (Lipinski definition) is 6. The molecule has 1 heterocycles. The van der Waals surface area contributed by atoms with Crippen LogP contribution in [0, 0.1) is 13.5 Å². The number of aryl methyl sites for hydroxylation is 1. The summed E-state index contributed by atoms with van der Waals surface area (Å²) in [6.45, 7) is 8.98. The van der Waals surface area contributed by atoms with E-state index in [1.807, 2.05) is 30.3 Å². The fourth-order valence-electron chi connectivity index (χ4n) is 2.99. The molecule has 1 amide bonds. The summed E-state index contributed by atoms with van der Waals surface area (Å²) in [4.78, 5) is 16.4. The van der Waals surface area contributed by atoms with Crippen molar-refractivity contribution in [1.29, 1.82) is 0 Å². The van der Waals surface area contributed by atoms with E-state index in [9.17, 15) is 9.90 Å². The van der Waals surface area contributed by atoms with E-state index in [-0.39, 0.29) is 17.0 Å². The van der Waals surface area contributed by atoms with Crippen molar-refractivity contribution in [3.8, 4) is 5.75 Å². The lowest BCUT2D eigenvalue weighted by Crippen LogP contribution is -2.12. The zero-order valence-corrected chi connectivity index (χ0v) is 16.6. The number of aromatic nitrogens is 1. The van der Waals surface area contributed by atoms with Gasteiger partial charge in [0, 0.05) is 5.69 Å². The Balaban J connectivity index is 1.80. The SMILES string of the molecule is [C-]#[N+]c1c(C)nsc1/N=N/c1cc2ccccc2c(C(=O)Nc2ccccc2)c1O. The molecule has 146 valence electrons.